The summed E-state index contributed by atoms with van der Waals surface area (Å²) in [6.07, 6.45) is 0.676. The van der Waals surface area contributed by atoms with Gasteiger partial charge in [0.05, 0.1) is 11.5 Å². The van der Waals surface area contributed by atoms with Gasteiger partial charge in [0.15, 0.2) is 9.84 Å². The summed E-state index contributed by atoms with van der Waals surface area (Å²) in [5.74, 6) is 0.369. The van der Waals surface area contributed by atoms with Gasteiger partial charge in [-0.1, -0.05) is 19.1 Å². The molecule has 19 heavy (non-hydrogen) atoms. The van der Waals surface area contributed by atoms with Crippen LogP contribution in [0.15, 0.2) is 24.3 Å². The van der Waals surface area contributed by atoms with Crippen LogP contribution >= 0.6 is 0 Å². The predicted octanol–water partition coefficient (Wildman–Crippen LogP) is 1.95. The van der Waals surface area contributed by atoms with E-state index in [1.807, 2.05) is 13.0 Å². The van der Waals surface area contributed by atoms with Gasteiger partial charge in [-0.05, 0) is 36.6 Å². The Labute approximate surface area is 114 Å². The third kappa shape index (κ3) is 3.76. The van der Waals surface area contributed by atoms with Gasteiger partial charge in [-0.2, -0.15) is 0 Å². The fourth-order valence-corrected chi connectivity index (χ4v) is 4.61. The maximum atomic E-state index is 13.4. The number of hydrogen-bond acceptors (Lipinski definition) is 3. The van der Waals surface area contributed by atoms with Crippen LogP contribution < -0.4 is 5.32 Å². The summed E-state index contributed by atoms with van der Waals surface area (Å²) in [7, 11) is -2.91. The second-order valence-electron chi connectivity index (χ2n) is 5.13. The van der Waals surface area contributed by atoms with E-state index in [1.165, 1.54) is 12.1 Å². The minimum Gasteiger partial charge on any atom is -0.316 e. The Morgan fingerprint density at radius 1 is 1.47 bits per heavy atom. The molecule has 1 aliphatic heterocycles. The quantitative estimate of drug-likeness (QED) is 0.899. The van der Waals surface area contributed by atoms with E-state index in [-0.39, 0.29) is 29.2 Å². The summed E-state index contributed by atoms with van der Waals surface area (Å²) in [5, 5.41) is 3.25. The van der Waals surface area contributed by atoms with E-state index < -0.39 is 9.84 Å². The van der Waals surface area contributed by atoms with Crippen LogP contribution in [0.2, 0.25) is 0 Å². The van der Waals surface area contributed by atoms with Gasteiger partial charge in [-0.15, -0.1) is 0 Å². The van der Waals surface area contributed by atoms with Crippen molar-refractivity contribution < 1.29 is 12.8 Å². The SMILES string of the molecule is CCNCC(c1cccc(F)c1)C1CCS(=O)(=O)C1. The number of sulfone groups is 1. The number of hydrogen-bond donors (Lipinski definition) is 1. The average molecular weight is 285 g/mol. The maximum absolute atomic E-state index is 13.4. The van der Waals surface area contributed by atoms with Crippen LogP contribution in [0.1, 0.15) is 24.8 Å². The van der Waals surface area contributed by atoms with Gasteiger partial charge < -0.3 is 5.32 Å². The molecule has 0 bridgehead atoms. The second-order valence-corrected chi connectivity index (χ2v) is 7.36. The summed E-state index contributed by atoms with van der Waals surface area (Å²) in [5.41, 5.74) is 0.892. The molecule has 1 N–H and O–H groups in total. The molecule has 1 aromatic rings. The zero-order chi connectivity index (χ0) is 13.9. The molecule has 0 aliphatic carbocycles. The van der Waals surface area contributed by atoms with Crippen LogP contribution in [0, 0.1) is 11.7 Å². The lowest BCUT2D eigenvalue weighted by molar-refractivity contribution is 0.441. The van der Waals surface area contributed by atoms with E-state index in [1.54, 1.807) is 6.07 Å². The monoisotopic (exact) mass is 285 g/mol. The van der Waals surface area contributed by atoms with Gasteiger partial charge >= 0.3 is 0 Å². The smallest absolute Gasteiger partial charge is 0.150 e. The first-order valence-electron chi connectivity index (χ1n) is 6.68. The highest BCUT2D eigenvalue weighted by molar-refractivity contribution is 7.91. The van der Waals surface area contributed by atoms with Crippen molar-refractivity contribution in [3.05, 3.63) is 35.6 Å². The molecular weight excluding hydrogens is 265 g/mol. The largest absolute Gasteiger partial charge is 0.316 e. The van der Waals surface area contributed by atoms with Crippen LogP contribution in [-0.4, -0.2) is 33.0 Å². The first-order valence-corrected chi connectivity index (χ1v) is 8.50. The van der Waals surface area contributed by atoms with E-state index in [4.69, 9.17) is 0 Å². The molecule has 0 aromatic heterocycles. The number of nitrogens with one attached hydrogen (secondary N) is 1. The zero-order valence-corrected chi connectivity index (χ0v) is 11.9. The number of likely N-dealkylation sites (N-methyl/N-ethyl adjacent to an activating group) is 1. The lowest BCUT2D eigenvalue weighted by Crippen LogP contribution is -2.27. The van der Waals surface area contributed by atoms with Gasteiger partial charge in [0.25, 0.3) is 0 Å². The van der Waals surface area contributed by atoms with Crippen LogP contribution in [0.25, 0.3) is 0 Å². The molecule has 0 amide bonds. The van der Waals surface area contributed by atoms with Crippen LogP contribution in [0.5, 0.6) is 0 Å². The molecule has 106 valence electrons. The first kappa shape index (κ1) is 14.5. The highest BCUT2D eigenvalue weighted by atomic mass is 32.2. The van der Waals surface area contributed by atoms with Gasteiger partial charge in [0.1, 0.15) is 5.82 Å². The fraction of sp³-hybridized carbons (Fsp3) is 0.571. The lowest BCUT2D eigenvalue weighted by atomic mass is 9.85. The highest BCUT2D eigenvalue weighted by Crippen LogP contribution is 2.33. The van der Waals surface area contributed by atoms with E-state index in [2.05, 4.69) is 5.32 Å². The summed E-state index contributed by atoms with van der Waals surface area (Å²) in [6.45, 7) is 3.53. The summed E-state index contributed by atoms with van der Waals surface area (Å²) < 4.78 is 36.6. The van der Waals surface area contributed by atoms with Crippen molar-refractivity contribution in [2.24, 2.45) is 5.92 Å². The predicted molar refractivity (Wildman–Crippen MR) is 74.4 cm³/mol. The number of rotatable bonds is 5. The molecule has 2 atom stereocenters. The molecule has 1 heterocycles. The lowest BCUT2D eigenvalue weighted by Gasteiger charge is -2.23. The van der Waals surface area contributed by atoms with E-state index in [0.29, 0.717) is 13.0 Å². The summed E-state index contributed by atoms with van der Waals surface area (Å²) in [4.78, 5) is 0. The van der Waals surface area contributed by atoms with Gasteiger partial charge in [-0.3, -0.25) is 0 Å². The Morgan fingerprint density at radius 2 is 2.26 bits per heavy atom. The fourth-order valence-electron chi connectivity index (χ4n) is 2.73. The van der Waals surface area contributed by atoms with E-state index >= 15 is 0 Å². The van der Waals surface area contributed by atoms with Crippen molar-refractivity contribution in [1.82, 2.24) is 5.32 Å². The van der Waals surface area contributed by atoms with E-state index in [0.717, 1.165) is 12.1 Å². The summed E-state index contributed by atoms with van der Waals surface area (Å²) in [6, 6.07) is 6.51. The molecule has 3 nitrogen and oxygen atoms in total. The molecule has 0 saturated carbocycles. The van der Waals surface area contributed by atoms with Gasteiger partial charge in [0.2, 0.25) is 0 Å². The molecule has 2 unspecified atom stereocenters. The topological polar surface area (TPSA) is 46.2 Å². The van der Waals surface area contributed by atoms with Crippen LogP contribution in [0.3, 0.4) is 0 Å². The molecule has 1 aromatic carbocycles. The number of halogens is 1. The molecule has 2 rings (SSSR count). The molecule has 1 aliphatic rings. The van der Waals surface area contributed by atoms with Crippen molar-refractivity contribution in [2.75, 3.05) is 24.6 Å². The van der Waals surface area contributed by atoms with Crippen molar-refractivity contribution >= 4 is 9.84 Å². The second kappa shape index (κ2) is 6.01. The average Bonchev–Trinajstić information content (AvgIpc) is 2.70. The maximum Gasteiger partial charge on any atom is 0.150 e. The Morgan fingerprint density at radius 3 is 2.84 bits per heavy atom. The Bertz CT molecular complexity index is 530. The third-order valence-electron chi connectivity index (χ3n) is 3.73. The number of benzene rings is 1. The van der Waals surface area contributed by atoms with Gasteiger partial charge in [-0.25, -0.2) is 12.8 Å². The minimum absolute atomic E-state index is 0.0629. The minimum atomic E-state index is -2.91. The normalized spacial score (nSPS) is 23.4. The molecule has 1 fully saturated rings. The molecular formula is C14H20FNO2S. The van der Waals surface area contributed by atoms with Crippen molar-refractivity contribution in [3.63, 3.8) is 0 Å². The van der Waals surface area contributed by atoms with Gasteiger partial charge in [0, 0.05) is 12.5 Å². The van der Waals surface area contributed by atoms with Crippen molar-refractivity contribution in [3.8, 4) is 0 Å². The third-order valence-corrected chi connectivity index (χ3v) is 5.52. The Hall–Kier alpha value is -0.940. The molecule has 5 heteroatoms. The highest BCUT2D eigenvalue weighted by Gasteiger charge is 2.34. The first-order chi connectivity index (χ1) is 9.02. The molecule has 1 saturated heterocycles. The van der Waals surface area contributed by atoms with Crippen LogP contribution in [0.4, 0.5) is 4.39 Å². The zero-order valence-electron chi connectivity index (χ0n) is 11.1. The van der Waals surface area contributed by atoms with Crippen LogP contribution in [-0.2, 0) is 9.84 Å². The standard InChI is InChI=1S/C14H20FNO2S/c1-2-16-9-14(11-4-3-5-13(15)8-11)12-6-7-19(17,18)10-12/h3-5,8,12,14,16H,2,6-7,9-10H2,1H3. The summed E-state index contributed by atoms with van der Waals surface area (Å²) >= 11 is 0. The van der Waals surface area contributed by atoms with E-state index in [9.17, 15) is 12.8 Å². The van der Waals surface area contributed by atoms with Crippen molar-refractivity contribution in [1.29, 1.82) is 0 Å². The molecule has 0 radical (unpaired) electrons. The Kier molecular flexibility index (Phi) is 4.58. The Balaban J connectivity index is 2.21. The van der Waals surface area contributed by atoms with Crippen molar-refractivity contribution in [2.45, 2.75) is 19.3 Å². The molecule has 0 spiro atoms.